The number of carbonyl (C=O) groups is 2. The van der Waals surface area contributed by atoms with Gasteiger partial charge in [0.15, 0.2) is 0 Å². The van der Waals surface area contributed by atoms with E-state index in [4.69, 9.17) is 0 Å². The van der Waals surface area contributed by atoms with Crippen molar-refractivity contribution in [2.75, 3.05) is 0 Å². The number of hydrogen-bond donors (Lipinski definition) is 2. The number of aryl methyl sites for hydroxylation is 1. The fraction of sp³-hybridized carbons (Fsp3) is 0.500. The van der Waals surface area contributed by atoms with Gasteiger partial charge in [0.1, 0.15) is 5.54 Å². The second kappa shape index (κ2) is 7.08. The minimum atomic E-state index is -1.19. The van der Waals surface area contributed by atoms with Gasteiger partial charge >= 0.3 is 5.97 Å². The summed E-state index contributed by atoms with van der Waals surface area (Å²) in [5, 5.41) is 11.9. The molecular formula is C16H23NO3. The van der Waals surface area contributed by atoms with Crippen molar-refractivity contribution in [3.05, 3.63) is 35.4 Å². The molecule has 1 aromatic rings. The number of aliphatic carboxylic acids is 1. The van der Waals surface area contributed by atoms with E-state index in [1.54, 1.807) is 6.92 Å². The third-order valence-corrected chi connectivity index (χ3v) is 3.49. The quantitative estimate of drug-likeness (QED) is 0.805. The Morgan fingerprint density at radius 1 is 1.20 bits per heavy atom. The summed E-state index contributed by atoms with van der Waals surface area (Å²) in [4.78, 5) is 23.4. The van der Waals surface area contributed by atoms with E-state index >= 15 is 0 Å². The zero-order chi connectivity index (χ0) is 15.2. The van der Waals surface area contributed by atoms with Gasteiger partial charge in [-0.2, -0.15) is 0 Å². The highest BCUT2D eigenvalue weighted by atomic mass is 16.4. The molecule has 0 radical (unpaired) electrons. The summed E-state index contributed by atoms with van der Waals surface area (Å²) in [6.07, 6.45) is 2.20. The number of nitrogens with one attached hydrogen (secondary N) is 1. The monoisotopic (exact) mass is 277 g/mol. The molecule has 0 heterocycles. The first-order valence-electron chi connectivity index (χ1n) is 7.04. The van der Waals surface area contributed by atoms with Crippen LogP contribution in [0.2, 0.25) is 0 Å². The molecule has 0 bridgehead atoms. The van der Waals surface area contributed by atoms with Crippen LogP contribution in [0.15, 0.2) is 24.3 Å². The Balaban J connectivity index is 2.78. The second-order valence-electron chi connectivity index (χ2n) is 5.23. The van der Waals surface area contributed by atoms with Crippen LogP contribution in [-0.4, -0.2) is 22.5 Å². The van der Waals surface area contributed by atoms with Crippen molar-refractivity contribution in [2.45, 2.75) is 52.0 Å². The third kappa shape index (κ3) is 4.08. The molecule has 1 amide bonds. The molecule has 1 aromatic carbocycles. The Kier molecular flexibility index (Phi) is 5.74. The van der Waals surface area contributed by atoms with E-state index in [0.717, 1.165) is 17.5 Å². The molecule has 1 unspecified atom stereocenters. The third-order valence-electron chi connectivity index (χ3n) is 3.49. The Morgan fingerprint density at radius 3 is 2.30 bits per heavy atom. The maximum atomic E-state index is 12.1. The van der Waals surface area contributed by atoms with Gasteiger partial charge in [0.25, 0.3) is 0 Å². The fourth-order valence-corrected chi connectivity index (χ4v) is 2.32. The molecule has 1 rings (SSSR count). The van der Waals surface area contributed by atoms with E-state index in [-0.39, 0.29) is 12.3 Å². The summed E-state index contributed by atoms with van der Waals surface area (Å²) >= 11 is 0. The number of benzene rings is 1. The lowest BCUT2D eigenvalue weighted by atomic mass is 9.95. The molecule has 20 heavy (non-hydrogen) atoms. The molecule has 0 aliphatic heterocycles. The van der Waals surface area contributed by atoms with Crippen molar-refractivity contribution in [3.8, 4) is 0 Å². The number of carboxylic acid groups (broad SMARTS) is 1. The van der Waals surface area contributed by atoms with E-state index in [1.165, 1.54) is 0 Å². The zero-order valence-corrected chi connectivity index (χ0v) is 12.4. The first kappa shape index (κ1) is 16.2. The average Bonchev–Trinajstić information content (AvgIpc) is 2.39. The normalized spacial score (nSPS) is 13.6. The van der Waals surface area contributed by atoms with Crippen molar-refractivity contribution < 1.29 is 14.7 Å². The summed E-state index contributed by atoms with van der Waals surface area (Å²) in [5.74, 6) is -1.24. The number of amides is 1. The Bertz CT molecular complexity index is 484. The van der Waals surface area contributed by atoms with Gasteiger partial charge in [-0.1, -0.05) is 44.5 Å². The van der Waals surface area contributed by atoms with E-state index in [9.17, 15) is 14.7 Å². The first-order valence-corrected chi connectivity index (χ1v) is 7.04. The van der Waals surface area contributed by atoms with Crippen LogP contribution in [0.1, 0.15) is 44.7 Å². The fourth-order valence-electron chi connectivity index (χ4n) is 2.32. The molecule has 0 aromatic heterocycles. The molecule has 4 heteroatoms. The van der Waals surface area contributed by atoms with Crippen LogP contribution in [0.4, 0.5) is 0 Å². The molecular weight excluding hydrogens is 254 g/mol. The summed E-state index contributed by atoms with van der Waals surface area (Å²) in [6.45, 7) is 5.50. The molecule has 0 spiro atoms. The van der Waals surface area contributed by atoms with E-state index < -0.39 is 11.5 Å². The van der Waals surface area contributed by atoms with Gasteiger partial charge in [-0.15, -0.1) is 0 Å². The van der Waals surface area contributed by atoms with Gasteiger partial charge in [0.2, 0.25) is 5.91 Å². The van der Waals surface area contributed by atoms with Crippen LogP contribution >= 0.6 is 0 Å². The molecule has 0 fully saturated rings. The van der Waals surface area contributed by atoms with Gasteiger partial charge < -0.3 is 10.4 Å². The van der Waals surface area contributed by atoms with Crippen molar-refractivity contribution in [1.82, 2.24) is 5.32 Å². The summed E-state index contributed by atoms with van der Waals surface area (Å²) < 4.78 is 0. The van der Waals surface area contributed by atoms with Crippen LogP contribution in [-0.2, 0) is 22.4 Å². The van der Waals surface area contributed by atoms with Crippen LogP contribution in [0.3, 0.4) is 0 Å². The molecule has 2 N–H and O–H groups in total. The highest BCUT2D eigenvalue weighted by Crippen LogP contribution is 2.15. The lowest BCUT2D eigenvalue weighted by molar-refractivity contribution is -0.147. The van der Waals surface area contributed by atoms with Gasteiger partial charge in [0.05, 0.1) is 6.42 Å². The molecule has 1 atom stereocenters. The van der Waals surface area contributed by atoms with Gasteiger partial charge in [0, 0.05) is 0 Å². The van der Waals surface area contributed by atoms with Crippen molar-refractivity contribution in [2.24, 2.45) is 0 Å². The first-order chi connectivity index (χ1) is 9.42. The van der Waals surface area contributed by atoms with Crippen LogP contribution < -0.4 is 5.32 Å². The molecule has 4 nitrogen and oxygen atoms in total. The predicted molar refractivity (Wildman–Crippen MR) is 78.6 cm³/mol. The topological polar surface area (TPSA) is 66.4 Å². The van der Waals surface area contributed by atoms with E-state index in [0.29, 0.717) is 12.8 Å². The van der Waals surface area contributed by atoms with E-state index in [1.807, 2.05) is 38.1 Å². The average molecular weight is 277 g/mol. The van der Waals surface area contributed by atoms with Crippen LogP contribution in [0, 0.1) is 0 Å². The number of carbonyl (C=O) groups excluding carboxylic acids is 1. The van der Waals surface area contributed by atoms with Gasteiger partial charge in [-0.05, 0) is 30.9 Å². The minimum Gasteiger partial charge on any atom is -0.480 e. The van der Waals surface area contributed by atoms with Gasteiger partial charge in [-0.3, -0.25) is 4.79 Å². The SMILES string of the molecule is CCCC(C)(NC(=O)Cc1ccccc1CC)C(=O)O. The Morgan fingerprint density at radius 2 is 1.80 bits per heavy atom. The molecule has 0 saturated heterocycles. The Labute approximate surface area is 120 Å². The number of hydrogen-bond acceptors (Lipinski definition) is 2. The highest BCUT2D eigenvalue weighted by molar-refractivity contribution is 5.87. The molecule has 0 aliphatic carbocycles. The molecule has 0 saturated carbocycles. The predicted octanol–water partition coefficient (Wildman–Crippen LogP) is 2.55. The minimum absolute atomic E-state index is 0.219. The maximum Gasteiger partial charge on any atom is 0.329 e. The van der Waals surface area contributed by atoms with Crippen LogP contribution in [0.5, 0.6) is 0 Å². The number of carboxylic acids is 1. The summed E-state index contributed by atoms with van der Waals surface area (Å²) in [7, 11) is 0. The largest absolute Gasteiger partial charge is 0.480 e. The van der Waals surface area contributed by atoms with Crippen molar-refractivity contribution in [3.63, 3.8) is 0 Å². The van der Waals surface area contributed by atoms with Crippen molar-refractivity contribution >= 4 is 11.9 Å². The second-order valence-corrected chi connectivity index (χ2v) is 5.23. The van der Waals surface area contributed by atoms with Crippen LogP contribution in [0.25, 0.3) is 0 Å². The molecule has 110 valence electrons. The Hall–Kier alpha value is -1.84. The zero-order valence-electron chi connectivity index (χ0n) is 12.4. The smallest absolute Gasteiger partial charge is 0.329 e. The standard InChI is InChI=1S/C16H23NO3/c1-4-10-16(3,15(19)20)17-14(18)11-13-9-7-6-8-12(13)5-2/h6-9H,4-5,10-11H2,1-3H3,(H,17,18)(H,19,20). The lowest BCUT2D eigenvalue weighted by Gasteiger charge is -2.26. The summed E-state index contributed by atoms with van der Waals surface area (Å²) in [5.41, 5.74) is 0.888. The van der Waals surface area contributed by atoms with E-state index in [2.05, 4.69) is 5.32 Å². The number of rotatable bonds is 7. The summed E-state index contributed by atoms with van der Waals surface area (Å²) in [6, 6.07) is 7.74. The maximum absolute atomic E-state index is 12.1. The highest BCUT2D eigenvalue weighted by Gasteiger charge is 2.33. The molecule has 0 aliphatic rings. The lowest BCUT2D eigenvalue weighted by Crippen LogP contribution is -2.52. The van der Waals surface area contributed by atoms with Crippen molar-refractivity contribution in [1.29, 1.82) is 0 Å². The van der Waals surface area contributed by atoms with Gasteiger partial charge in [-0.25, -0.2) is 4.79 Å².